The summed E-state index contributed by atoms with van der Waals surface area (Å²) in [6, 6.07) is -0.0380. The summed E-state index contributed by atoms with van der Waals surface area (Å²) in [5, 5.41) is 2.68. The third-order valence-corrected chi connectivity index (χ3v) is 4.89. The highest BCUT2D eigenvalue weighted by Crippen LogP contribution is 2.40. The Labute approximate surface area is 140 Å². The Kier molecular flexibility index (Phi) is 5.58. The van der Waals surface area contributed by atoms with E-state index in [0.717, 1.165) is 19.3 Å². The summed E-state index contributed by atoms with van der Waals surface area (Å²) >= 11 is 0. The molecule has 23 heavy (non-hydrogen) atoms. The van der Waals surface area contributed by atoms with E-state index in [-0.39, 0.29) is 11.9 Å². The molecule has 2 aliphatic rings. The first-order chi connectivity index (χ1) is 10.7. The molecule has 1 N–H and O–H groups in total. The maximum atomic E-state index is 12.9. The third kappa shape index (κ3) is 4.39. The fourth-order valence-corrected chi connectivity index (χ4v) is 3.93. The van der Waals surface area contributed by atoms with Crippen molar-refractivity contribution in [3.05, 3.63) is 6.92 Å². The first-order valence-electron chi connectivity index (χ1n) is 8.84. The minimum Gasteiger partial charge on any atom is -0.444 e. The van der Waals surface area contributed by atoms with E-state index in [1.807, 2.05) is 25.7 Å². The molecule has 2 rings (SSSR count). The lowest BCUT2D eigenvalue weighted by molar-refractivity contribution is -0.136. The Morgan fingerprint density at radius 2 is 1.96 bits per heavy atom. The molecule has 1 saturated carbocycles. The van der Waals surface area contributed by atoms with Gasteiger partial charge in [-0.25, -0.2) is 4.79 Å². The van der Waals surface area contributed by atoms with E-state index >= 15 is 0 Å². The fraction of sp³-hybridized carbons (Fsp3) is 0.833. The molecule has 3 unspecified atom stereocenters. The van der Waals surface area contributed by atoms with Crippen molar-refractivity contribution in [3.63, 3.8) is 0 Å². The smallest absolute Gasteiger partial charge is 0.408 e. The van der Waals surface area contributed by atoms with Crippen molar-refractivity contribution < 1.29 is 14.3 Å². The average Bonchev–Trinajstić information content (AvgIpc) is 2.82. The first-order valence-corrected chi connectivity index (χ1v) is 8.84. The summed E-state index contributed by atoms with van der Waals surface area (Å²) in [5.41, 5.74) is -0.565. The number of nitrogens with zero attached hydrogens (tertiary/aromatic N) is 1. The zero-order valence-corrected chi connectivity index (χ0v) is 14.9. The predicted molar refractivity (Wildman–Crippen MR) is 89.8 cm³/mol. The highest BCUT2D eigenvalue weighted by Gasteiger charge is 2.44. The number of alkyl carbamates (subject to hydrolysis) is 1. The van der Waals surface area contributed by atoms with Crippen LogP contribution in [0.15, 0.2) is 0 Å². The van der Waals surface area contributed by atoms with E-state index in [2.05, 4.69) is 12.2 Å². The number of hydrogen-bond donors (Lipinski definition) is 1. The van der Waals surface area contributed by atoms with Gasteiger partial charge < -0.3 is 15.0 Å². The van der Waals surface area contributed by atoms with Gasteiger partial charge in [-0.1, -0.05) is 19.8 Å². The van der Waals surface area contributed by atoms with Crippen molar-refractivity contribution in [3.8, 4) is 0 Å². The molecule has 4 atom stereocenters. The molecule has 1 aliphatic carbocycles. The maximum absolute atomic E-state index is 12.9. The molecule has 1 aliphatic heterocycles. The molecule has 2 fully saturated rings. The van der Waals surface area contributed by atoms with Gasteiger partial charge in [0.25, 0.3) is 0 Å². The fourth-order valence-electron chi connectivity index (χ4n) is 3.93. The Bertz CT molecular complexity index is 444. The van der Waals surface area contributed by atoms with Crippen LogP contribution in [0.5, 0.6) is 0 Å². The van der Waals surface area contributed by atoms with Crippen LogP contribution >= 0.6 is 0 Å². The molecule has 1 radical (unpaired) electrons. The van der Waals surface area contributed by atoms with Gasteiger partial charge in [0.2, 0.25) is 5.91 Å². The highest BCUT2D eigenvalue weighted by molar-refractivity contribution is 5.86. The maximum Gasteiger partial charge on any atom is 0.408 e. The number of hydrogen-bond acceptors (Lipinski definition) is 3. The molecule has 0 aromatic rings. The molecule has 0 aromatic heterocycles. The van der Waals surface area contributed by atoms with E-state index in [1.54, 1.807) is 6.92 Å². The summed E-state index contributed by atoms with van der Waals surface area (Å²) in [6.45, 7) is 11.2. The molecule has 1 saturated heterocycles. The normalized spacial score (nSPS) is 28.9. The van der Waals surface area contributed by atoms with Gasteiger partial charge in [-0.05, 0) is 59.3 Å². The lowest BCUT2D eigenvalue weighted by Crippen LogP contribution is -2.52. The van der Waals surface area contributed by atoms with Crippen LogP contribution in [0, 0.1) is 12.8 Å². The summed E-state index contributed by atoms with van der Waals surface area (Å²) < 4.78 is 5.25. The summed E-state index contributed by atoms with van der Waals surface area (Å²) in [7, 11) is 0. The SMILES string of the molecule is [CH2]CC1CC2CCCCC2N1C(=O)[C@H](C)NC(=O)OC(C)(C)C. The Balaban J connectivity index is 2.01. The molecule has 5 heteroatoms. The predicted octanol–water partition coefficient (Wildman–Crippen LogP) is 3.28. The summed E-state index contributed by atoms with van der Waals surface area (Å²) in [5.74, 6) is 0.604. The standard InChI is InChI=1S/C18H31N2O3/c1-6-14-11-13-9-7-8-10-15(13)20(14)16(21)12(2)19-17(22)23-18(3,4)5/h12-15H,1,6-11H2,2-5H3,(H,19,22)/t12-,13?,14?,15?/m0/s1. The van der Waals surface area contributed by atoms with Gasteiger partial charge in [-0.2, -0.15) is 0 Å². The van der Waals surface area contributed by atoms with Crippen molar-refractivity contribution in [1.29, 1.82) is 0 Å². The van der Waals surface area contributed by atoms with Crippen LogP contribution in [0.3, 0.4) is 0 Å². The van der Waals surface area contributed by atoms with Crippen LogP contribution in [0.25, 0.3) is 0 Å². The zero-order chi connectivity index (χ0) is 17.2. The van der Waals surface area contributed by atoms with Crippen molar-refractivity contribution in [1.82, 2.24) is 10.2 Å². The zero-order valence-electron chi connectivity index (χ0n) is 14.9. The van der Waals surface area contributed by atoms with Crippen LogP contribution in [-0.4, -0.2) is 40.6 Å². The van der Waals surface area contributed by atoms with Crippen LogP contribution in [0.2, 0.25) is 0 Å². The van der Waals surface area contributed by atoms with E-state index < -0.39 is 17.7 Å². The van der Waals surface area contributed by atoms with Gasteiger partial charge in [0.15, 0.2) is 0 Å². The highest BCUT2D eigenvalue weighted by atomic mass is 16.6. The van der Waals surface area contributed by atoms with Crippen molar-refractivity contribution in [2.24, 2.45) is 5.92 Å². The number of ether oxygens (including phenoxy) is 1. The number of amides is 2. The molecule has 0 spiro atoms. The Hall–Kier alpha value is -1.26. The van der Waals surface area contributed by atoms with Crippen LogP contribution in [-0.2, 0) is 9.53 Å². The second-order valence-corrected chi connectivity index (χ2v) is 7.90. The summed E-state index contributed by atoms with van der Waals surface area (Å²) in [4.78, 5) is 26.8. The molecule has 1 heterocycles. The number of nitrogens with one attached hydrogen (secondary N) is 1. The van der Waals surface area contributed by atoms with Crippen molar-refractivity contribution in [2.45, 2.75) is 89.9 Å². The molecule has 131 valence electrons. The van der Waals surface area contributed by atoms with Gasteiger partial charge in [-0.3, -0.25) is 4.79 Å². The number of rotatable bonds is 3. The molecule has 0 bridgehead atoms. The second-order valence-electron chi connectivity index (χ2n) is 7.90. The topological polar surface area (TPSA) is 58.6 Å². The van der Waals surface area contributed by atoms with Crippen LogP contribution < -0.4 is 5.32 Å². The number of fused-ring (bicyclic) bond motifs is 1. The minimum atomic E-state index is -0.570. The van der Waals surface area contributed by atoms with Gasteiger partial charge in [0, 0.05) is 12.1 Å². The van der Waals surface area contributed by atoms with E-state index in [0.29, 0.717) is 12.0 Å². The van der Waals surface area contributed by atoms with Gasteiger partial charge in [0.05, 0.1) is 0 Å². The van der Waals surface area contributed by atoms with Crippen LogP contribution in [0.4, 0.5) is 4.79 Å². The quantitative estimate of drug-likeness (QED) is 0.867. The monoisotopic (exact) mass is 323 g/mol. The van der Waals surface area contributed by atoms with E-state index in [4.69, 9.17) is 4.74 Å². The first kappa shape index (κ1) is 18.1. The van der Waals surface area contributed by atoms with Gasteiger partial charge >= 0.3 is 6.09 Å². The van der Waals surface area contributed by atoms with Crippen LogP contribution in [0.1, 0.15) is 66.2 Å². The average molecular weight is 323 g/mol. The lowest BCUT2D eigenvalue weighted by Gasteiger charge is -2.35. The van der Waals surface area contributed by atoms with Gasteiger partial charge in [0.1, 0.15) is 11.6 Å². The van der Waals surface area contributed by atoms with Crippen molar-refractivity contribution >= 4 is 12.0 Å². The number of carbonyl (C=O) groups is 2. The Morgan fingerprint density at radius 3 is 2.57 bits per heavy atom. The number of carbonyl (C=O) groups excluding carboxylic acids is 2. The second kappa shape index (κ2) is 7.10. The lowest BCUT2D eigenvalue weighted by atomic mass is 9.84. The van der Waals surface area contributed by atoms with Gasteiger partial charge in [-0.15, -0.1) is 0 Å². The minimum absolute atomic E-state index is 0.00101. The largest absolute Gasteiger partial charge is 0.444 e. The van der Waals surface area contributed by atoms with Crippen molar-refractivity contribution in [2.75, 3.05) is 0 Å². The summed E-state index contributed by atoms with van der Waals surface area (Å²) in [6.07, 6.45) is 5.98. The molecule has 2 amide bonds. The number of likely N-dealkylation sites (tertiary alicyclic amines) is 1. The third-order valence-electron chi connectivity index (χ3n) is 4.89. The van der Waals surface area contributed by atoms with E-state index in [1.165, 1.54) is 19.3 Å². The molecular weight excluding hydrogens is 292 g/mol. The Morgan fingerprint density at radius 1 is 1.30 bits per heavy atom. The van der Waals surface area contributed by atoms with E-state index in [9.17, 15) is 9.59 Å². The molecular formula is C18H31N2O3. The molecule has 0 aromatic carbocycles. The molecule has 5 nitrogen and oxygen atoms in total.